The van der Waals surface area contributed by atoms with Crippen molar-refractivity contribution in [3.05, 3.63) is 58.3 Å². The van der Waals surface area contributed by atoms with E-state index in [9.17, 15) is 19.4 Å². The summed E-state index contributed by atoms with van der Waals surface area (Å²) in [5, 5.41) is 9.67. The zero-order chi connectivity index (χ0) is 14.8. The van der Waals surface area contributed by atoms with E-state index >= 15 is 0 Å². The van der Waals surface area contributed by atoms with E-state index in [0.29, 0.717) is 5.56 Å². The minimum Gasteiger partial charge on any atom is -0.477 e. The molecule has 0 saturated heterocycles. The molecule has 1 aromatic heterocycles. The summed E-state index contributed by atoms with van der Waals surface area (Å²) in [5.74, 6) is -1.88. The van der Waals surface area contributed by atoms with Gasteiger partial charge in [0.05, 0.1) is 5.92 Å². The van der Waals surface area contributed by atoms with Gasteiger partial charge in [-0.2, -0.15) is 4.89 Å². The van der Waals surface area contributed by atoms with Crippen molar-refractivity contribution in [3.8, 4) is 0 Å². The highest BCUT2D eigenvalue weighted by Gasteiger charge is 2.63. The lowest BCUT2D eigenvalue weighted by Crippen LogP contribution is -2.37. The minimum atomic E-state index is -2.95. The molecule has 2 rings (SSSR count). The smallest absolute Gasteiger partial charge is 0.477 e. The molecule has 0 saturated carbocycles. The molecular formula is C14H14O4PS+. The lowest BCUT2D eigenvalue weighted by Gasteiger charge is -2.23. The van der Waals surface area contributed by atoms with Gasteiger partial charge in [0, 0.05) is 10.4 Å². The van der Waals surface area contributed by atoms with Crippen LogP contribution >= 0.6 is 19.4 Å². The first-order valence-electron chi connectivity index (χ1n) is 5.99. The van der Waals surface area contributed by atoms with Crippen LogP contribution in [0.2, 0.25) is 0 Å². The first kappa shape index (κ1) is 14.9. The van der Waals surface area contributed by atoms with E-state index < -0.39 is 25.1 Å². The molecule has 0 amide bonds. The van der Waals surface area contributed by atoms with E-state index in [-0.39, 0.29) is 0 Å². The summed E-state index contributed by atoms with van der Waals surface area (Å²) >= 11 is 1.38. The third kappa shape index (κ3) is 2.29. The summed E-state index contributed by atoms with van der Waals surface area (Å²) in [6.45, 7) is 1.68. The quantitative estimate of drug-likeness (QED) is 0.828. The maximum absolute atomic E-state index is 12.0. The van der Waals surface area contributed by atoms with Gasteiger partial charge >= 0.3 is 19.2 Å². The number of aliphatic carboxylic acids is 1. The Bertz CT molecular complexity index is 595. The molecule has 0 aliphatic heterocycles. The SMILES string of the molecule is CC(c1cccs1)C(C(=O)O)(c1ccccc1)[P+](=O)O. The van der Waals surface area contributed by atoms with Crippen molar-refractivity contribution in [3.63, 3.8) is 0 Å². The van der Waals surface area contributed by atoms with Crippen molar-refractivity contribution in [2.24, 2.45) is 0 Å². The maximum atomic E-state index is 12.0. The normalized spacial score (nSPS) is 16.2. The molecule has 0 spiro atoms. The van der Waals surface area contributed by atoms with Gasteiger partial charge in [0.2, 0.25) is 0 Å². The number of rotatable bonds is 5. The van der Waals surface area contributed by atoms with Crippen molar-refractivity contribution in [2.45, 2.75) is 18.0 Å². The summed E-state index contributed by atoms with van der Waals surface area (Å²) in [6.07, 6.45) is 0. The first-order chi connectivity index (χ1) is 9.51. The second-order valence-corrected chi connectivity index (χ2v) is 6.68. The summed E-state index contributed by atoms with van der Waals surface area (Å²) in [4.78, 5) is 22.4. The zero-order valence-corrected chi connectivity index (χ0v) is 12.5. The minimum absolute atomic E-state index is 0.344. The van der Waals surface area contributed by atoms with Crippen LogP contribution in [0.4, 0.5) is 0 Å². The Hall–Kier alpha value is -1.55. The van der Waals surface area contributed by atoms with E-state index in [1.165, 1.54) is 11.3 Å². The molecule has 0 fully saturated rings. The molecule has 4 nitrogen and oxygen atoms in total. The van der Waals surface area contributed by atoms with Crippen LogP contribution in [0.3, 0.4) is 0 Å². The Morgan fingerprint density at radius 1 is 1.25 bits per heavy atom. The van der Waals surface area contributed by atoms with Crippen LogP contribution in [0.25, 0.3) is 0 Å². The molecule has 0 aliphatic carbocycles. The molecular weight excluding hydrogens is 295 g/mol. The number of carboxylic acid groups (broad SMARTS) is 1. The number of carbonyl (C=O) groups is 1. The average Bonchev–Trinajstić information content (AvgIpc) is 2.93. The van der Waals surface area contributed by atoms with Crippen LogP contribution in [0.1, 0.15) is 23.3 Å². The highest BCUT2D eigenvalue weighted by Crippen LogP contribution is 2.54. The third-order valence-electron chi connectivity index (χ3n) is 3.44. The monoisotopic (exact) mass is 309 g/mol. The summed E-state index contributed by atoms with van der Waals surface area (Å²) in [6, 6.07) is 11.9. The van der Waals surface area contributed by atoms with Crippen LogP contribution in [0, 0.1) is 0 Å². The summed E-state index contributed by atoms with van der Waals surface area (Å²) in [7, 11) is -2.95. The molecule has 3 atom stereocenters. The van der Waals surface area contributed by atoms with E-state index in [4.69, 9.17) is 0 Å². The van der Waals surface area contributed by atoms with Gasteiger partial charge in [-0.3, -0.25) is 0 Å². The standard InChI is InChI=1S/C14H13O4PS/c1-10(12-8-5-9-20-12)14(13(15)16,19(17)18)11-6-3-2-4-7-11/h2-10H,1H3,(H-,15,16,17,18)/p+1. The number of hydrogen-bond donors (Lipinski definition) is 2. The number of benzene rings is 1. The van der Waals surface area contributed by atoms with Crippen molar-refractivity contribution >= 4 is 25.3 Å². The molecule has 0 aliphatic rings. The Kier molecular flexibility index (Phi) is 4.33. The molecule has 1 aromatic carbocycles. The lowest BCUT2D eigenvalue weighted by atomic mass is 9.85. The number of carboxylic acids is 1. The Morgan fingerprint density at radius 2 is 1.90 bits per heavy atom. The van der Waals surface area contributed by atoms with Gasteiger partial charge in [0.1, 0.15) is 0 Å². The Labute approximate surface area is 121 Å². The fourth-order valence-corrected chi connectivity index (χ4v) is 4.30. The molecule has 6 heteroatoms. The van der Waals surface area contributed by atoms with Crippen LogP contribution < -0.4 is 0 Å². The highest BCUT2D eigenvalue weighted by atomic mass is 32.1. The number of thiophene rings is 1. The zero-order valence-electron chi connectivity index (χ0n) is 10.8. The first-order valence-corrected chi connectivity index (χ1v) is 8.09. The van der Waals surface area contributed by atoms with Gasteiger partial charge in [0.15, 0.2) is 0 Å². The predicted octanol–water partition coefficient (Wildman–Crippen LogP) is 3.57. The molecule has 1 heterocycles. The van der Waals surface area contributed by atoms with Gasteiger partial charge in [-0.25, -0.2) is 4.79 Å². The summed E-state index contributed by atoms with van der Waals surface area (Å²) < 4.78 is 12.0. The molecule has 3 unspecified atom stereocenters. The van der Waals surface area contributed by atoms with E-state index in [1.807, 2.05) is 5.38 Å². The maximum Gasteiger partial charge on any atom is 0.529 e. The van der Waals surface area contributed by atoms with Crippen LogP contribution in [0.5, 0.6) is 0 Å². The van der Waals surface area contributed by atoms with Gasteiger partial charge in [0.25, 0.3) is 0 Å². The van der Waals surface area contributed by atoms with Gasteiger partial charge in [-0.1, -0.05) is 43.3 Å². The van der Waals surface area contributed by atoms with E-state index in [0.717, 1.165) is 4.88 Å². The topological polar surface area (TPSA) is 74.6 Å². The van der Waals surface area contributed by atoms with Gasteiger partial charge in [-0.05, 0) is 16.0 Å². The summed E-state index contributed by atoms with van der Waals surface area (Å²) in [5.41, 5.74) is 0.344. The van der Waals surface area contributed by atoms with E-state index in [2.05, 4.69) is 0 Å². The number of hydrogen-bond acceptors (Lipinski definition) is 3. The highest BCUT2D eigenvalue weighted by molar-refractivity contribution is 7.41. The van der Waals surface area contributed by atoms with Crippen molar-refractivity contribution in [1.82, 2.24) is 0 Å². The fraction of sp³-hybridized carbons (Fsp3) is 0.214. The lowest BCUT2D eigenvalue weighted by molar-refractivity contribution is -0.141. The fourth-order valence-electron chi connectivity index (χ4n) is 2.35. The second kappa shape index (κ2) is 5.83. The molecule has 2 N–H and O–H groups in total. The molecule has 2 aromatic rings. The van der Waals surface area contributed by atoms with E-state index in [1.54, 1.807) is 49.4 Å². The van der Waals surface area contributed by atoms with Crippen LogP contribution in [-0.4, -0.2) is 16.0 Å². The van der Waals surface area contributed by atoms with Crippen molar-refractivity contribution in [2.75, 3.05) is 0 Å². The van der Waals surface area contributed by atoms with Gasteiger partial charge in [-0.15, -0.1) is 11.3 Å². The molecule has 104 valence electrons. The van der Waals surface area contributed by atoms with Crippen LogP contribution in [-0.2, 0) is 14.5 Å². The molecule has 0 bridgehead atoms. The van der Waals surface area contributed by atoms with Crippen LogP contribution in [0.15, 0.2) is 47.8 Å². The largest absolute Gasteiger partial charge is 0.529 e. The van der Waals surface area contributed by atoms with Crippen molar-refractivity contribution in [1.29, 1.82) is 0 Å². The predicted molar refractivity (Wildman–Crippen MR) is 78.3 cm³/mol. The Balaban J connectivity index is 2.66. The van der Waals surface area contributed by atoms with Gasteiger partial charge < -0.3 is 5.11 Å². The molecule has 0 radical (unpaired) electrons. The average molecular weight is 309 g/mol. The molecule has 20 heavy (non-hydrogen) atoms. The third-order valence-corrected chi connectivity index (χ3v) is 5.93. The Morgan fingerprint density at radius 3 is 2.35 bits per heavy atom. The second-order valence-electron chi connectivity index (χ2n) is 4.45. The van der Waals surface area contributed by atoms with Crippen molar-refractivity contribution < 1.29 is 19.4 Å².